The molecule has 0 aliphatic carbocycles. The summed E-state index contributed by atoms with van der Waals surface area (Å²) in [5.41, 5.74) is 1.29. The van der Waals surface area contributed by atoms with Gasteiger partial charge in [0.05, 0.1) is 28.2 Å². The molecule has 0 saturated heterocycles. The Morgan fingerprint density at radius 1 is 1.17 bits per heavy atom. The van der Waals surface area contributed by atoms with Crippen molar-refractivity contribution in [2.24, 2.45) is 0 Å². The number of amidine groups is 1. The summed E-state index contributed by atoms with van der Waals surface area (Å²) in [6.45, 7) is 0. The molecule has 0 aromatic carbocycles. The second kappa shape index (κ2) is 5.72. The van der Waals surface area contributed by atoms with E-state index >= 15 is 0 Å². The minimum absolute atomic E-state index is 0.560. The summed E-state index contributed by atoms with van der Waals surface area (Å²) in [6, 6.07) is 4.32. The summed E-state index contributed by atoms with van der Waals surface area (Å²) >= 11 is 0. The molecule has 0 saturated carbocycles. The molecule has 2 aromatic rings. The number of nitrogens with zero attached hydrogens (tertiary/aromatic N) is 6. The summed E-state index contributed by atoms with van der Waals surface area (Å²) in [7, 11) is -3.08. The van der Waals surface area contributed by atoms with E-state index in [1.165, 1.54) is 4.85 Å². The zero-order valence-corrected chi connectivity index (χ0v) is 13.9. The number of hydrogen-bond donors (Lipinski definition) is 0. The van der Waals surface area contributed by atoms with Crippen molar-refractivity contribution >= 4 is 25.0 Å². The monoisotopic (exact) mass is 380 g/mol. The summed E-state index contributed by atoms with van der Waals surface area (Å²) < 4.78 is 61.0. The van der Waals surface area contributed by atoms with Crippen molar-refractivity contribution in [3.8, 4) is 0 Å². The van der Waals surface area contributed by atoms with Gasteiger partial charge >= 0.3 is 39.0 Å². The van der Waals surface area contributed by atoms with E-state index in [0.717, 1.165) is 5.52 Å². The van der Waals surface area contributed by atoms with Crippen LogP contribution < -0.4 is 4.84 Å². The van der Waals surface area contributed by atoms with Crippen LogP contribution in [-0.4, -0.2) is 63.8 Å². The predicted molar refractivity (Wildman–Crippen MR) is 76.3 cm³/mol. The second-order valence-electron chi connectivity index (χ2n) is 4.93. The van der Waals surface area contributed by atoms with E-state index in [9.17, 15) is 25.2 Å². The topological polar surface area (TPSA) is 59.1 Å². The molecule has 138 valence electrons. The van der Waals surface area contributed by atoms with Crippen molar-refractivity contribution in [1.29, 1.82) is 0 Å². The molecule has 24 heavy (non-hydrogen) atoms. The van der Waals surface area contributed by atoms with Gasteiger partial charge in [0, 0.05) is 6.20 Å². The van der Waals surface area contributed by atoms with Crippen LogP contribution in [-0.2, 0) is 0 Å². The molecule has 2 heterocycles. The molecule has 0 atom stereocenters. The van der Waals surface area contributed by atoms with E-state index in [1.807, 2.05) is 49.8 Å². The maximum atomic E-state index is 9.87. The fourth-order valence-corrected chi connectivity index (χ4v) is 1.45. The van der Waals surface area contributed by atoms with E-state index in [1.54, 1.807) is 6.20 Å². The molecule has 14 heteroatoms. The molecule has 0 amide bonds. The number of aromatic nitrogens is 4. The van der Waals surface area contributed by atoms with Gasteiger partial charge < -0.3 is 0 Å². The fourth-order valence-electron chi connectivity index (χ4n) is 1.45. The van der Waals surface area contributed by atoms with E-state index in [-0.39, 0.29) is 0 Å². The van der Waals surface area contributed by atoms with Gasteiger partial charge in [-0.1, -0.05) is 4.85 Å². The van der Waals surface area contributed by atoms with Gasteiger partial charge in [0.2, 0.25) is 5.65 Å². The second-order valence-corrected chi connectivity index (χ2v) is 6.85. The molecular formula is C10H15F6N6OP. The third-order valence-electron chi connectivity index (χ3n) is 2.13. The van der Waals surface area contributed by atoms with Crippen LogP contribution in [0.3, 0.4) is 0 Å². The van der Waals surface area contributed by atoms with Crippen molar-refractivity contribution in [1.82, 2.24) is 25.0 Å². The number of fused-ring (bicyclic) bond motifs is 1. The number of hydrogen-bond acceptors (Lipinski definition) is 4. The van der Waals surface area contributed by atoms with Gasteiger partial charge in [-0.15, -0.1) is 5.10 Å². The molecule has 0 N–H and O–H groups in total. The normalized spacial score (nSPS) is 14.1. The zero-order chi connectivity index (χ0) is 18.8. The first kappa shape index (κ1) is 19.9. The molecule has 2 rings (SSSR count). The van der Waals surface area contributed by atoms with Gasteiger partial charge in [-0.3, -0.25) is 4.84 Å². The SMILES string of the molecule is CN(C)C(On1nnc2ncccc21)=[N+](C)C.F[P-](F)(F)(F)(F)F. The number of rotatable bonds is 1. The Balaban J connectivity index is 0.000000351. The Kier molecular flexibility index (Phi) is 4.74. The molecule has 2 aromatic heterocycles. The van der Waals surface area contributed by atoms with Gasteiger partial charge in [0.15, 0.2) is 5.52 Å². The van der Waals surface area contributed by atoms with Crippen LogP contribution in [0.5, 0.6) is 0 Å². The summed E-state index contributed by atoms with van der Waals surface area (Å²) in [6.07, 6.45) is 1.67. The third-order valence-corrected chi connectivity index (χ3v) is 2.13. The van der Waals surface area contributed by atoms with Gasteiger partial charge in [0.25, 0.3) is 0 Å². The van der Waals surface area contributed by atoms with E-state index < -0.39 is 7.81 Å². The molecular weight excluding hydrogens is 365 g/mol. The molecule has 0 radical (unpaired) electrons. The van der Waals surface area contributed by atoms with Crippen LogP contribution in [0.4, 0.5) is 25.2 Å². The van der Waals surface area contributed by atoms with Crippen molar-refractivity contribution in [3.05, 3.63) is 18.3 Å². The summed E-state index contributed by atoms with van der Waals surface area (Å²) in [5.74, 6) is 0. The van der Waals surface area contributed by atoms with Gasteiger partial charge in [-0.2, -0.15) is 0 Å². The van der Waals surface area contributed by atoms with Gasteiger partial charge in [-0.05, 0) is 17.3 Å². The standard InChI is InChI=1S/C10H15N6O.F6P/c1-14(2)10(15(3)4)17-16-8-6-5-7-11-9(8)12-13-16;1-7(2,3,4,5)6/h5-7H,1-4H3;/q+1;-1. The Morgan fingerprint density at radius 2 is 1.71 bits per heavy atom. The van der Waals surface area contributed by atoms with Crippen LogP contribution in [0.2, 0.25) is 0 Å². The van der Waals surface area contributed by atoms with E-state index in [4.69, 9.17) is 4.84 Å². The quantitative estimate of drug-likeness (QED) is 0.250. The van der Waals surface area contributed by atoms with Crippen molar-refractivity contribution in [3.63, 3.8) is 0 Å². The third kappa shape index (κ3) is 7.90. The molecule has 0 fully saturated rings. The Labute approximate surface area is 132 Å². The maximum absolute atomic E-state index is 10.7. The van der Waals surface area contributed by atoms with Crippen LogP contribution in [0.25, 0.3) is 11.2 Å². The van der Waals surface area contributed by atoms with Gasteiger partial charge in [-0.25, -0.2) is 14.5 Å². The van der Waals surface area contributed by atoms with Gasteiger partial charge in [0.1, 0.15) is 0 Å². The van der Waals surface area contributed by atoms with E-state index in [2.05, 4.69) is 15.3 Å². The Hall–Kier alpha value is -2.17. The molecule has 0 unspecified atom stereocenters. The first-order chi connectivity index (χ1) is 10.5. The van der Waals surface area contributed by atoms with Crippen molar-refractivity contribution in [2.45, 2.75) is 0 Å². The number of pyridine rings is 1. The van der Waals surface area contributed by atoms with Crippen LogP contribution in [0, 0.1) is 0 Å². The first-order valence-electron chi connectivity index (χ1n) is 6.17. The molecule has 0 bridgehead atoms. The summed E-state index contributed by atoms with van der Waals surface area (Å²) in [5, 5.41) is 7.82. The fraction of sp³-hybridized carbons (Fsp3) is 0.400. The molecule has 0 aliphatic heterocycles. The summed E-state index contributed by atoms with van der Waals surface area (Å²) in [4.78, 5) is 13.0. The first-order valence-corrected chi connectivity index (χ1v) is 8.20. The molecule has 0 spiro atoms. The average molecular weight is 380 g/mol. The van der Waals surface area contributed by atoms with Crippen LogP contribution >= 0.6 is 7.81 Å². The average Bonchev–Trinajstić information content (AvgIpc) is 2.74. The minimum atomic E-state index is -10.7. The van der Waals surface area contributed by atoms with E-state index in [0.29, 0.717) is 11.7 Å². The Bertz CT molecular complexity index is 740. The molecule has 0 aliphatic rings. The van der Waals surface area contributed by atoms with Crippen molar-refractivity contribution < 1.29 is 34.6 Å². The zero-order valence-electron chi connectivity index (χ0n) is 13.0. The van der Waals surface area contributed by atoms with Crippen LogP contribution in [0.1, 0.15) is 0 Å². The molecule has 7 nitrogen and oxygen atoms in total. The predicted octanol–water partition coefficient (Wildman–Crippen LogP) is 2.83. The van der Waals surface area contributed by atoms with Crippen molar-refractivity contribution in [2.75, 3.05) is 28.2 Å². The number of halogens is 6. The Morgan fingerprint density at radius 3 is 2.17 bits per heavy atom. The van der Waals surface area contributed by atoms with Crippen LogP contribution in [0.15, 0.2) is 18.3 Å².